The summed E-state index contributed by atoms with van der Waals surface area (Å²) in [5.74, 6) is -0.331. The second kappa shape index (κ2) is 7.54. The second-order valence-corrected chi connectivity index (χ2v) is 7.49. The number of primary amides is 1. The van der Waals surface area contributed by atoms with Gasteiger partial charge in [-0.3, -0.25) is 14.5 Å². The van der Waals surface area contributed by atoms with Crippen molar-refractivity contribution in [2.45, 2.75) is 50.6 Å². The molecule has 0 bridgehead atoms. The smallest absolute Gasteiger partial charge is 0.244 e. The highest BCUT2D eigenvalue weighted by Crippen LogP contribution is 2.28. The fourth-order valence-electron chi connectivity index (χ4n) is 3.87. The van der Waals surface area contributed by atoms with Crippen molar-refractivity contribution in [1.29, 1.82) is 0 Å². The first-order valence-electron chi connectivity index (χ1n) is 9.17. The van der Waals surface area contributed by atoms with Crippen molar-refractivity contribution in [2.75, 3.05) is 18.4 Å². The molecule has 1 heterocycles. The molecule has 1 saturated heterocycles. The largest absolute Gasteiger partial charge is 0.369 e. The van der Waals surface area contributed by atoms with E-state index < -0.39 is 5.54 Å². The third-order valence-electron chi connectivity index (χ3n) is 5.47. The maximum Gasteiger partial charge on any atom is 0.244 e. The highest BCUT2D eigenvalue weighted by atomic mass is 16.2. The number of piperidine rings is 1. The van der Waals surface area contributed by atoms with Gasteiger partial charge in [0.05, 0.1) is 11.5 Å². The molecule has 0 aromatic heterocycles. The van der Waals surface area contributed by atoms with Crippen molar-refractivity contribution in [3.63, 3.8) is 0 Å². The van der Waals surface area contributed by atoms with Crippen molar-refractivity contribution < 1.29 is 9.59 Å². The van der Waals surface area contributed by atoms with E-state index in [2.05, 4.69) is 10.2 Å². The molecule has 1 saturated carbocycles. The number of amides is 2. The number of carbonyl (C=O) groups excluding carboxylic acids is 2. The fraction of sp³-hybridized carbons (Fsp3) is 0.579. The highest BCUT2D eigenvalue weighted by molar-refractivity contribution is 5.98. The van der Waals surface area contributed by atoms with E-state index in [1.165, 1.54) is 0 Å². The van der Waals surface area contributed by atoms with Gasteiger partial charge in [0.1, 0.15) is 0 Å². The van der Waals surface area contributed by atoms with E-state index in [-0.39, 0.29) is 17.7 Å². The zero-order valence-corrected chi connectivity index (χ0v) is 14.7. The molecule has 1 aromatic carbocycles. The predicted octanol–water partition coefficient (Wildman–Crippen LogP) is 1.59. The van der Waals surface area contributed by atoms with E-state index in [1.807, 2.05) is 24.3 Å². The average Bonchev–Trinajstić information content (AvgIpc) is 3.05. The van der Waals surface area contributed by atoms with Crippen LogP contribution in [0.5, 0.6) is 0 Å². The van der Waals surface area contributed by atoms with Gasteiger partial charge in [-0.05, 0) is 49.9 Å². The summed E-state index contributed by atoms with van der Waals surface area (Å²) in [5, 5.41) is 2.94. The van der Waals surface area contributed by atoms with Crippen LogP contribution in [0.2, 0.25) is 0 Å². The van der Waals surface area contributed by atoms with E-state index in [0.29, 0.717) is 0 Å². The van der Waals surface area contributed by atoms with Crippen LogP contribution in [0.4, 0.5) is 5.69 Å². The van der Waals surface area contributed by atoms with Crippen LogP contribution in [0.1, 0.15) is 44.1 Å². The molecule has 2 aliphatic rings. The Hall–Kier alpha value is -1.92. The molecule has 1 aromatic rings. The molecule has 6 heteroatoms. The average molecular weight is 344 g/mol. The summed E-state index contributed by atoms with van der Waals surface area (Å²) in [6, 6.07) is 7.87. The number of nitrogens with one attached hydrogen (secondary N) is 1. The quantitative estimate of drug-likeness (QED) is 0.755. The van der Waals surface area contributed by atoms with Crippen molar-refractivity contribution in [3.8, 4) is 0 Å². The van der Waals surface area contributed by atoms with Gasteiger partial charge in [-0.25, -0.2) is 0 Å². The number of anilines is 1. The van der Waals surface area contributed by atoms with Gasteiger partial charge in [0.25, 0.3) is 0 Å². The lowest BCUT2D eigenvalue weighted by molar-refractivity contribution is -0.123. The molecule has 1 aliphatic heterocycles. The summed E-state index contributed by atoms with van der Waals surface area (Å²) in [6.45, 7) is 2.50. The molecule has 0 spiro atoms. The lowest BCUT2D eigenvalue weighted by Gasteiger charge is -2.31. The Balaban J connectivity index is 1.55. The molecule has 1 aliphatic carbocycles. The zero-order valence-electron chi connectivity index (χ0n) is 14.7. The first-order chi connectivity index (χ1) is 12.0. The lowest BCUT2D eigenvalue weighted by atomic mass is 9.97. The SMILES string of the molecule is NC(=O)C1CCCN(Cc2ccc(NC(=O)C3(N)CCCC3)cc2)C1. The molecule has 136 valence electrons. The molecule has 3 rings (SSSR count). The van der Waals surface area contributed by atoms with E-state index in [9.17, 15) is 9.59 Å². The number of nitrogens with two attached hydrogens (primary N) is 2. The number of hydrogen-bond acceptors (Lipinski definition) is 4. The Bertz CT molecular complexity index is 623. The molecule has 1 unspecified atom stereocenters. The highest BCUT2D eigenvalue weighted by Gasteiger charge is 2.36. The van der Waals surface area contributed by atoms with Gasteiger partial charge in [-0.15, -0.1) is 0 Å². The lowest BCUT2D eigenvalue weighted by Crippen LogP contribution is -2.48. The number of nitrogens with zero attached hydrogens (tertiary/aromatic N) is 1. The van der Waals surface area contributed by atoms with Crippen molar-refractivity contribution in [1.82, 2.24) is 4.90 Å². The summed E-state index contributed by atoms with van der Waals surface area (Å²) in [5.41, 5.74) is 12.8. The minimum Gasteiger partial charge on any atom is -0.369 e. The number of benzene rings is 1. The summed E-state index contributed by atoms with van der Waals surface area (Å²) in [4.78, 5) is 26.0. The van der Waals surface area contributed by atoms with Crippen LogP contribution in [-0.2, 0) is 16.1 Å². The molecule has 6 nitrogen and oxygen atoms in total. The number of likely N-dealkylation sites (tertiary alicyclic amines) is 1. The van der Waals surface area contributed by atoms with Gasteiger partial charge in [-0.1, -0.05) is 25.0 Å². The number of carbonyl (C=O) groups is 2. The fourth-order valence-corrected chi connectivity index (χ4v) is 3.87. The Morgan fingerprint density at radius 1 is 1.16 bits per heavy atom. The summed E-state index contributed by atoms with van der Waals surface area (Å²) in [6.07, 6.45) is 5.44. The van der Waals surface area contributed by atoms with Crippen LogP contribution in [0, 0.1) is 5.92 Å². The Labute approximate surface area is 148 Å². The Morgan fingerprint density at radius 2 is 1.84 bits per heavy atom. The van der Waals surface area contributed by atoms with Gasteiger partial charge in [0.2, 0.25) is 11.8 Å². The van der Waals surface area contributed by atoms with Crippen LogP contribution in [-0.4, -0.2) is 35.3 Å². The van der Waals surface area contributed by atoms with E-state index in [4.69, 9.17) is 11.5 Å². The Kier molecular flexibility index (Phi) is 5.39. The molecule has 5 N–H and O–H groups in total. The van der Waals surface area contributed by atoms with Gasteiger partial charge in [0, 0.05) is 18.8 Å². The van der Waals surface area contributed by atoms with Crippen LogP contribution in [0.3, 0.4) is 0 Å². The van der Waals surface area contributed by atoms with Crippen molar-refractivity contribution in [3.05, 3.63) is 29.8 Å². The third-order valence-corrected chi connectivity index (χ3v) is 5.47. The van der Waals surface area contributed by atoms with E-state index >= 15 is 0 Å². The Morgan fingerprint density at radius 3 is 2.48 bits per heavy atom. The minimum absolute atomic E-state index is 0.0422. The maximum absolute atomic E-state index is 12.4. The normalized spacial score (nSPS) is 23.3. The van der Waals surface area contributed by atoms with Crippen LogP contribution >= 0.6 is 0 Å². The van der Waals surface area contributed by atoms with Gasteiger partial charge in [0.15, 0.2) is 0 Å². The molecule has 0 radical (unpaired) electrons. The molecule has 2 amide bonds. The monoisotopic (exact) mass is 344 g/mol. The standard InChI is InChI=1S/C19H28N4O2/c20-17(24)15-4-3-11-23(13-15)12-14-5-7-16(8-6-14)22-18(25)19(21)9-1-2-10-19/h5-8,15H,1-4,9-13,21H2,(H2,20,24)(H,22,25). The number of hydrogen-bond donors (Lipinski definition) is 3. The zero-order chi connectivity index (χ0) is 17.9. The predicted molar refractivity (Wildman–Crippen MR) is 97.7 cm³/mol. The van der Waals surface area contributed by atoms with Crippen molar-refractivity contribution in [2.24, 2.45) is 17.4 Å². The second-order valence-electron chi connectivity index (χ2n) is 7.49. The maximum atomic E-state index is 12.4. The topological polar surface area (TPSA) is 101 Å². The van der Waals surface area contributed by atoms with Crippen LogP contribution in [0.15, 0.2) is 24.3 Å². The van der Waals surface area contributed by atoms with E-state index in [0.717, 1.165) is 69.4 Å². The molecular weight excluding hydrogens is 316 g/mol. The third kappa shape index (κ3) is 4.38. The van der Waals surface area contributed by atoms with Gasteiger partial charge < -0.3 is 16.8 Å². The summed E-state index contributed by atoms with van der Waals surface area (Å²) >= 11 is 0. The van der Waals surface area contributed by atoms with Crippen LogP contribution < -0.4 is 16.8 Å². The first-order valence-corrected chi connectivity index (χ1v) is 9.17. The van der Waals surface area contributed by atoms with Gasteiger partial charge in [-0.2, -0.15) is 0 Å². The van der Waals surface area contributed by atoms with Crippen LogP contribution in [0.25, 0.3) is 0 Å². The molecule has 25 heavy (non-hydrogen) atoms. The molecule has 2 fully saturated rings. The molecule has 1 atom stereocenters. The van der Waals surface area contributed by atoms with Gasteiger partial charge >= 0.3 is 0 Å². The minimum atomic E-state index is -0.712. The van der Waals surface area contributed by atoms with Crippen molar-refractivity contribution >= 4 is 17.5 Å². The molecular formula is C19H28N4O2. The first kappa shape index (κ1) is 17.9. The summed E-state index contributed by atoms with van der Waals surface area (Å²) in [7, 11) is 0. The van der Waals surface area contributed by atoms with E-state index in [1.54, 1.807) is 0 Å². The summed E-state index contributed by atoms with van der Waals surface area (Å²) < 4.78 is 0. The number of rotatable bonds is 5.